The Morgan fingerprint density at radius 2 is 2.05 bits per heavy atom. The van der Waals surface area contributed by atoms with Gasteiger partial charge in [-0.05, 0) is 38.8 Å². The van der Waals surface area contributed by atoms with Crippen molar-refractivity contribution in [2.75, 3.05) is 6.61 Å². The zero-order chi connectivity index (χ0) is 14.6. The van der Waals surface area contributed by atoms with E-state index in [1.54, 1.807) is 6.92 Å². The molecule has 3 heteroatoms. The van der Waals surface area contributed by atoms with Gasteiger partial charge in [-0.1, -0.05) is 29.5 Å². The van der Waals surface area contributed by atoms with Gasteiger partial charge in [0.15, 0.2) is 11.2 Å². The molecule has 1 aromatic rings. The molecule has 0 aliphatic heterocycles. The molecule has 1 aliphatic rings. The second-order valence-electron chi connectivity index (χ2n) is 5.02. The Kier molecular flexibility index (Phi) is 4.24. The lowest BCUT2D eigenvalue weighted by Gasteiger charge is -2.18. The standard InChI is InChI=1S/C17H18O3/c1-3-20-16(19)17(11-4-5-15(17)18)12-10-14-8-6-13(2)7-9-14/h6-9H,3-5,11H2,1-2H3/t17-/m1/s1. The van der Waals surface area contributed by atoms with Crippen LogP contribution >= 0.6 is 0 Å². The maximum Gasteiger partial charge on any atom is 0.331 e. The van der Waals surface area contributed by atoms with E-state index >= 15 is 0 Å². The molecule has 0 aromatic heterocycles. The largest absolute Gasteiger partial charge is 0.465 e. The van der Waals surface area contributed by atoms with Crippen molar-refractivity contribution >= 4 is 11.8 Å². The Balaban J connectivity index is 2.32. The van der Waals surface area contributed by atoms with Crippen LogP contribution in [0.2, 0.25) is 0 Å². The number of carbonyl (C=O) groups is 2. The number of rotatable bonds is 2. The van der Waals surface area contributed by atoms with Gasteiger partial charge in [0.2, 0.25) is 0 Å². The molecule has 2 rings (SSSR count). The normalized spacial score (nSPS) is 21.2. The van der Waals surface area contributed by atoms with Gasteiger partial charge in [0, 0.05) is 12.0 Å². The summed E-state index contributed by atoms with van der Waals surface area (Å²) in [5.41, 5.74) is 0.701. The Hall–Kier alpha value is -2.08. The Morgan fingerprint density at radius 3 is 2.60 bits per heavy atom. The van der Waals surface area contributed by atoms with E-state index in [1.807, 2.05) is 31.2 Å². The van der Waals surface area contributed by atoms with E-state index in [9.17, 15) is 9.59 Å². The van der Waals surface area contributed by atoms with E-state index in [1.165, 1.54) is 0 Å². The van der Waals surface area contributed by atoms with Crippen LogP contribution in [0.5, 0.6) is 0 Å². The third-order valence-corrected chi connectivity index (χ3v) is 3.53. The predicted molar refractivity (Wildman–Crippen MR) is 76.0 cm³/mol. The average molecular weight is 270 g/mol. The molecule has 0 bridgehead atoms. The van der Waals surface area contributed by atoms with Gasteiger partial charge >= 0.3 is 5.97 Å². The van der Waals surface area contributed by atoms with Gasteiger partial charge < -0.3 is 4.74 Å². The summed E-state index contributed by atoms with van der Waals surface area (Å²) in [4.78, 5) is 24.2. The molecule has 0 amide bonds. The number of carbonyl (C=O) groups excluding carboxylic acids is 2. The number of benzene rings is 1. The molecular weight excluding hydrogens is 252 g/mol. The number of ketones is 1. The number of aryl methyl sites for hydroxylation is 1. The van der Waals surface area contributed by atoms with Crippen molar-refractivity contribution in [3.05, 3.63) is 35.4 Å². The van der Waals surface area contributed by atoms with Crippen LogP contribution in [0.15, 0.2) is 24.3 Å². The van der Waals surface area contributed by atoms with Crippen LogP contribution in [0, 0.1) is 24.2 Å². The molecule has 104 valence electrons. The van der Waals surface area contributed by atoms with Crippen molar-refractivity contribution in [1.82, 2.24) is 0 Å². The van der Waals surface area contributed by atoms with E-state index in [4.69, 9.17) is 4.74 Å². The summed E-state index contributed by atoms with van der Waals surface area (Å²) in [5, 5.41) is 0. The van der Waals surface area contributed by atoms with Crippen LogP contribution in [0.4, 0.5) is 0 Å². The van der Waals surface area contributed by atoms with Gasteiger partial charge in [0.05, 0.1) is 6.61 Å². The summed E-state index contributed by atoms with van der Waals surface area (Å²) in [6.45, 7) is 4.00. The number of esters is 1. The first-order valence-corrected chi connectivity index (χ1v) is 6.89. The van der Waals surface area contributed by atoms with Crippen LogP contribution < -0.4 is 0 Å². The fourth-order valence-corrected chi connectivity index (χ4v) is 2.34. The lowest BCUT2D eigenvalue weighted by molar-refractivity contribution is -0.154. The Morgan fingerprint density at radius 1 is 1.35 bits per heavy atom. The SMILES string of the molecule is CCOC(=O)[C@@]1(C#Cc2ccc(C)cc2)CCCC1=O. The van der Waals surface area contributed by atoms with Crippen LogP contribution in [-0.2, 0) is 14.3 Å². The number of Topliss-reactive ketones (excluding diaryl/α,β-unsaturated/α-hetero) is 1. The first-order valence-electron chi connectivity index (χ1n) is 6.89. The van der Waals surface area contributed by atoms with Gasteiger partial charge in [-0.25, -0.2) is 4.79 Å². The topological polar surface area (TPSA) is 43.4 Å². The van der Waals surface area contributed by atoms with Crippen molar-refractivity contribution in [2.24, 2.45) is 5.41 Å². The van der Waals surface area contributed by atoms with Crippen LogP contribution in [0.3, 0.4) is 0 Å². The maximum atomic E-state index is 12.1. The zero-order valence-corrected chi connectivity index (χ0v) is 11.9. The highest BCUT2D eigenvalue weighted by Gasteiger charge is 2.48. The van der Waals surface area contributed by atoms with Gasteiger partial charge in [-0.3, -0.25) is 4.79 Å². The van der Waals surface area contributed by atoms with Crippen molar-refractivity contribution in [2.45, 2.75) is 33.1 Å². The highest BCUT2D eigenvalue weighted by atomic mass is 16.5. The molecule has 1 fully saturated rings. The summed E-state index contributed by atoms with van der Waals surface area (Å²) in [5.74, 6) is 5.23. The fraction of sp³-hybridized carbons (Fsp3) is 0.412. The third-order valence-electron chi connectivity index (χ3n) is 3.53. The number of hydrogen-bond donors (Lipinski definition) is 0. The molecule has 0 saturated heterocycles. The van der Waals surface area contributed by atoms with Crippen molar-refractivity contribution in [3.63, 3.8) is 0 Å². The zero-order valence-electron chi connectivity index (χ0n) is 11.9. The average Bonchev–Trinajstić information content (AvgIpc) is 2.81. The molecular formula is C17H18O3. The van der Waals surface area contributed by atoms with Crippen LogP contribution in [0.25, 0.3) is 0 Å². The van der Waals surface area contributed by atoms with Crippen molar-refractivity contribution in [1.29, 1.82) is 0 Å². The summed E-state index contributed by atoms with van der Waals surface area (Å²) in [6.07, 6.45) is 1.56. The van der Waals surface area contributed by atoms with Crippen LogP contribution in [-0.4, -0.2) is 18.4 Å². The summed E-state index contributed by atoms with van der Waals surface area (Å²) < 4.78 is 5.04. The van der Waals surface area contributed by atoms with Gasteiger partial charge in [-0.2, -0.15) is 0 Å². The van der Waals surface area contributed by atoms with Crippen molar-refractivity contribution < 1.29 is 14.3 Å². The van der Waals surface area contributed by atoms with Gasteiger partial charge in [0.1, 0.15) is 0 Å². The predicted octanol–water partition coefficient (Wildman–Crippen LogP) is 2.65. The van der Waals surface area contributed by atoms with E-state index in [0.717, 1.165) is 11.1 Å². The smallest absolute Gasteiger partial charge is 0.331 e. The van der Waals surface area contributed by atoms with Gasteiger partial charge in [-0.15, -0.1) is 0 Å². The number of ether oxygens (including phenoxy) is 1. The number of hydrogen-bond acceptors (Lipinski definition) is 3. The molecule has 20 heavy (non-hydrogen) atoms. The molecule has 3 nitrogen and oxygen atoms in total. The van der Waals surface area contributed by atoms with E-state index in [-0.39, 0.29) is 12.4 Å². The minimum absolute atomic E-state index is 0.115. The molecule has 0 heterocycles. The molecule has 0 N–H and O–H groups in total. The molecule has 0 spiro atoms. The fourth-order valence-electron chi connectivity index (χ4n) is 2.34. The lowest BCUT2D eigenvalue weighted by Crippen LogP contribution is -2.35. The molecule has 0 radical (unpaired) electrons. The van der Waals surface area contributed by atoms with E-state index in [2.05, 4.69) is 11.8 Å². The van der Waals surface area contributed by atoms with Crippen LogP contribution in [0.1, 0.15) is 37.3 Å². The molecule has 1 saturated carbocycles. The quantitative estimate of drug-likeness (QED) is 0.471. The summed E-state index contributed by atoms with van der Waals surface area (Å²) in [7, 11) is 0. The highest BCUT2D eigenvalue weighted by Crippen LogP contribution is 2.35. The monoisotopic (exact) mass is 270 g/mol. The molecule has 1 atom stereocenters. The first-order chi connectivity index (χ1) is 9.58. The highest BCUT2D eigenvalue weighted by molar-refractivity contribution is 6.08. The van der Waals surface area contributed by atoms with Gasteiger partial charge in [0.25, 0.3) is 0 Å². The maximum absolute atomic E-state index is 12.1. The molecule has 0 unspecified atom stereocenters. The minimum atomic E-state index is -1.25. The summed E-state index contributed by atoms with van der Waals surface area (Å²) in [6, 6.07) is 7.69. The lowest BCUT2D eigenvalue weighted by atomic mass is 9.85. The van der Waals surface area contributed by atoms with Crippen molar-refractivity contribution in [3.8, 4) is 11.8 Å². The molecule has 1 aromatic carbocycles. The minimum Gasteiger partial charge on any atom is -0.465 e. The second kappa shape index (κ2) is 5.92. The van der Waals surface area contributed by atoms with E-state index < -0.39 is 11.4 Å². The third kappa shape index (κ3) is 2.75. The first kappa shape index (κ1) is 14.3. The Bertz CT molecular complexity index is 574. The molecule has 1 aliphatic carbocycles. The summed E-state index contributed by atoms with van der Waals surface area (Å²) >= 11 is 0. The second-order valence-corrected chi connectivity index (χ2v) is 5.02. The Labute approximate surface area is 119 Å². The van der Waals surface area contributed by atoms with E-state index in [0.29, 0.717) is 19.3 Å².